The van der Waals surface area contributed by atoms with Gasteiger partial charge in [0.15, 0.2) is 0 Å². The molecule has 0 atom stereocenters. The molecule has 0 saturated heterocycles. The lowest BCUT2D eigenvalue weighted by Crippen LogP contribution is -2.15. The van der Waals surface area contributed by atoms with E-state index >= 15 is 0 Å². The van der Waals surface area contributed by atoms with E-state index in [9.17, 15) is 0 Å². The Kier molecular flexibility index (Phi) is 5.63. The number of rotatable bonds is 3. The summed E-state index contributed by atoms with van der Waals surface area (Å²) in [6.07, 6.45) is 0. The van der Waals surface area contributed by atoms with Gasteiger partial charge in [0.1, 0.15) is 0 Å². The molecule has 0 N–H and O–H groups in total. The summed E-state index contributed by atoms with van der Waals surface area (Å²) in [7, 11) is 0. The van der Waals surface area contributed by atoms with Gasteiger partial charge in [0.2, 0.25) is 0 Å². The number of para-hydroxylation sites is 1. The monoisotopic (exact) mass is 385 g/mol. The van der Waals surface area contributed by atoms with E-state index in [1.807, 2.05) is 0 Å². The Labute approximate surface area is 177 Å². The topological polar surface area (TPSA) is 3.24 Å². The Morgan fingerprint density at radius 2 is 0.862 bits per heavy atom. The number of anilines is 3. The van der Waals surface area contributed by atoms with E-state index < -0.39 is 0 Å². The van der Waals surface area contributed by atoms with Crippen molar-refractivity contribution in [3.63, 3.8) is 0 Å². The Morgan fingerprint density at radius 3 is 1.17 bits per heavy atom. The highest BCUT2D eigenvalue weighted by molar-refractivity contribution is 5.80. The fourth-order valence-corrected chi connectivity index (χ4v) is 3.79. The van der Waals surface area contributed by atoms with Gasteiger partial charge in [-0.3, -0.25) is 0 Å². The van der Waals surface area contributed by atoms with Crippen LogP contribution in [0.4, 0.5) is 17.1 Å². The van der Waals surface area contributed by atoms with Crippen molar-refractivity contribution in [1.29, 1.82) is 0 Å². The Hall–Kier alpha value is -2.54. The molecule has 0 amide bonds. The zero-order valence-corrected chi connectivity index (χ0v) is 19.3. The summed E-state index contributed by atoms with van der Waals surface area (Å²) in [5, 5.41) is 0. The van der Waals surface area contributed by atoms with E-state index in [2.05, 4.69) is 127 Å². The Balaban J connectivity index is 2.15. The molecular formula is C28H35N. The molecule has 0 bridgehead atoms. The number of benzene rings is 3. The average molecular weight is 386 g/mol. The van der Waals surface area contributed by atoms with Gasteiger partial charge >= 0.3 is 0 Å². The normalized spacial score (nSPS) is 12.1. The molecule has 0 spiro atoms. The molecule has 0 aliphatic carbocycles. The maximum Gasteiger partial charge on any atom is 0.0519 e. The lowest BCUT2D eigenvalue weighted by Gasteiger charge is -2.30. The van der Waals surface area contributed by atoms with Gasteiger partial charge in [-0.05, 0) is 71.2 Å². The second-order valence-electron chi connectivity index (χ2n) is 10.2. The zero-order valence-electron chi connectivity index (χ0n) is 19.3. The third kappa shape index (κ3) is 4.56. The van der Waals surface area contributed by atoms with Gasteiger partial charge in [-0.15, -0.1) is 0 Å². The molecule has 0 aromatic heterocycles. The molecule has 1 heteroatoms. The van der Waals surface area contributed by atoms with Gasteiger partial charge in [-0.1, -0.05) is 84.0 Å². The minimum Gasteiger partial charge on any atom is -0.310 e. The van der Waals surface area contributed by atoms with Crippen LogP contribution in [0, 0.1) is 13.8 Å². The van der Waals surface area contributed by atoms with Gasteiger partial charge < -0.3 is 4.90 Å². The van der Waals surface area contributed by atoms with Crippen LogP contribution in [0.5, 0.6) is 0 Å². The van der Waals surface area contributed by atoms with Crippen LogP contribution < -0.4 is 4.90 Å². The highest BCUT2D eigenvalue weighted by atomic mass is 15.1. The first-order valence-corrected chi connectivity index (χ1v) is 10.6. The van der Waals surface area contributed by atoms with Crippen LogP contribution in [0.15, 0.2) is 66.7 Å². The maximum atomic E-state index is 2.39. The van der Waals surface area contributed by atoms with Crippen LogP contribution in [0.1, 0.15) is 63.8 Å². The standard InChI is InChI=1S/C28H35N/c1-20-10-9-11-21(2)26(20)29(24-16-12-22(13-17-24)27(3,4)5)25-18-14-23(15-19-25)28(6,7)8/h9-19H,1-8H3. The minimum absolute atomic E-state index is 0.149. The molecule has 0 heterocycles. The van der Waals surface area contributed by atoms with Crippen molar-refractivity contribution in [2.75, 3.05) is 4.90 Å². The van der Waals surface area contributed by atoms with Crippen molar-refractivity contribution in [3.8, 4) is 0 Å². The second-order valence-corrected chi connectivity index (χ2v) is 10.2. The summed E-state index contributed by atoms with van der Waals surface area (Å²) >= 11 is 0. The molecule has 0 aliphatic rings. The van der Waals surface area contributed by atoms with Gasteiger partial charge in [0.25, 0.3) is 0 Å². The molecular weight excluding hydrogens is 350 g/mol. The van der Waals surface area contributed by atoms with E-state index in [1.54, 1.807) is 0 Å². The predicted molar refractivity (Wildman–Crippen MR) is 128 cm³/mol. The highest BCUT2D eigenvalue weighted by Gasteiger charge is 2.20. The fraction of sp³-hybridized carbons (Fsp3) is 0.357. The molecule has 0 radical (unpaired) electrons. The van der Waals surface area contributed by atoms with Crippen LogP contribution in [0.3, 0.4) is 0 Å². The second kappa shape index (κ2) is 7.71. The van der Waals surface area contributed by atoms with Crippen molar-refractivity contribution in [2.24, 2.45) is 0 Å². The van der Waals surface area contributed by atoms with Crippen molar-refractivity contribution >= 4 is 17.1 Å². The largest absolute Gasteiger partial charge is 0.310 e. The highest BCUT2D eigenvalue weighted by Crippen LogP contribution is 2.40. The summed E-state index contributed by atoms with van der Waals surface area (Å²) in [6.45, 7) is 18.0. The molecule has 3 aromatic carbocycles. The van der Waals surface area contributed by atoms with E-state index in [0.717, 1.165) is 0 Å². The summed E-state index contributed by atoms with van der Waals surface area (Å²) in [5.41, 5.74) is 9.22. The van der Waals surface area contributed by atoms with E-state index in [1.165, 1.54) is 39.3 Å². The van der Waals surface area contributed by atoms with E-state index in [-0.39, 0.29) is 10.8 Å². The Bertz CT molecular complexity index is 887. The van der Waals surface area contributed by atoms with Crippen LogP contribution in [-0.2, 0) is 10.8 Å². The maximum absolute atomic E-state index is 2.39. The van der Waals surface area contributed by atoms with Crippen molar-refractivity contribution < 1.29 is 0 Å². The quantitative estimate of drug-likeness (QED) is 0.437. The van der Waals surface area contributed by atoms with Crippen molar-refractivity contribution in [3.05, 3.63) is 89.0 Å². The van der Waals surface area contributed by atoms with Crippen molar-refractivity contribution in [1.82, 2.24) is 0 Å². The van der Waals surface area contributed by atoms with Crippen LogP contribution in [-0.4, -0.2) is 0 Å². The number of nitrogens with zero attached hydrogens (tertiary/aromatic N) is 1. The molecule has 0 saturated carbocycles. The van der Waals surface area contributed by atoms with E-state index in [4.69, 9.17) is 0 Å². The van der Waals surface area contributed by atoms with Crippen molar-refractivity contribution in [2.45, 2.75) is 66.2 Å². The number of hydrogen-bond donors (Lipinski definition) is 0. The van der Waals surface area contributed by atoms with E-state index in [0.29, 0.717) is 0 Å². The lowest BCUT2D eigenvalue weighted by molar-refractivity contribution is 0.590. The third-order valence-electron chi connectivity index (χ3n) is 5.65. The number of hydrogen-bond acceptors (Lipinski definition) is 1. The molecule has 0 unspecified atom stereocenters. The SMILES string of the molecule is Cc1cccc(C)c1N(c1ccc(C(C)(C)C)cc1)c1ccc(C(C)(C)C)cc1. The first-order chi connectivity index (χ1) is 13.5. The molecule has 1 nitrogen and oxygen atoms in total. The van der Waals surface area contributed by atoms with Gasteiger partial charge in [-0.2, -0.15) is 0 Å². The lowest BCUT2D eigenvalue weighted by atomic mass is 9.86. The minimum atomic E-state index is 0.149. The van der Waals surface area contributed by atoms with Gasteiger partial charge in [0.05, 0.1) is 5.69 Å². The predicted octanol–water partition coefficient (Wildman–Crippen LogP) is 8.37. The summed E-state index contributed by atoms with van der Waals surface area (Å²) in [6, 6.07) is 24.6. The summed E-state index contributed by atoms with van der Waals surface area (Å²) in [4.78, 5) is 2.39. The molecule has 0 fully saturated rings. The first-order valence-electron chi connectivity index (χ1n) is 10.6. The summed E-state index contributed by atoms with van der Waals surface area (Å²) in [5.74, 6) is 0. The van der Waals surface area contributed by atoms with Crippen LogP contribution in [0.2, 0.25) is 0 Å². The number of aryl methyl sites for hydroxylation is 2. The third-order valence-corrected chi connectivity index (χ3v) is 5.65. The molecule has 152 valence electrons. The first kappa shape index (κ1) is 21.2. The molecule has 3 rings (SSSR count). The fourth-order valence-electron chi connectivity index (χ4n) is 3.79. The van der Waals surface area contributed by atoms with Gasteiger partial charge in [0, 0.05) is 11.4 Å². The molecule has 0 aliphatic heterocycles. The summed E-state index contributed by atoms with van der Waals surface area (Å²) < 4.78 is 0. The molecule has 29 heavy (non-hydrogen) atoms. The average Bonchev–Trinajstić information content (AvgIpc) is 2.64. The van der Waals surface area contributed by atoms with Crippen LogP contribution in [0.25, 0.3) is 0 Å². The van der Waals surface area contributed by atoms with Gasteiger partial charge in [-0.25, -0.2) is 0 Å². The zero-order chi connectivity index (χ0) is 21.4. The smallest absolute Gasteiger partial charge is 0.0519 e. The molecule has 3 aromatic rings. The Morgan fingerprint density at radius 1 is 0.517 bits per heavy atom. The van der Waals surface area contributed by atoms with Crippen LogP contribution >= 0.6 is 0 Å².